The van der Waals surface area contributed by atoms with Crippen LogP contribution in [0.1, 0.15) is 0 Å². The van der Waals surface area contributed by atoms with E-state index in [1.165, 1.54) is 17.8 Å². The lowest BCUT2D eigenvalue weighted by molar-refractivity contribution is 0.589. The van der Waals surface area contributed by atoms with E-state index in [-0.39, 0.29) is 18.2 Å². The first kappa shape index (κ1) is 14.8. The van der Waals surface area contributed by atoms with E-state index in [9.17, 15) is 4.39 Å². The van der Waals surface area contributed by atoms with E-state index < -0.39 is 0 Å². The molecular weight excluding hydrogens is 275 g/mol. The zero-order valence-electron chi connectivity index (χ0n) is 11.2. The Balaban J connectivity index is 0.00000147. The summed E-state index contributed by atoms with van der Waals surface area (Å²) in [4.78, 5) is 2.38. The van der Waals surface area contributed by atoms with Crippen molar-refractivity contribution in [3.63, 3.8) is 0 Å². The molecular formula is C16H18ClFN2. The molecule has 106 valence electrons. The molecule has 4 heteroatoms. The molecule has 0 aromatic heterocycles. The fraction of sp³-hybridized carbons (Fsp3) is 0.250. The van der Waals surface area contributed by atoms with Crippen LogP contribution in [0.15, 0.2) is 48.5 Å². The van der Waals surface area contributed by atoms with Gasteiger partial charge in [0.1, 0.15) is 5.82 Å². The summed E-state index contributed by atoms with van der Waals surface area (Å²) in [5.41, 5.74) is 3.43. The number of rotatable bonds is 2. The number of anilines is 1. The minimum atomic E-state index is -0.193. The number of piperazine rings is 1. The Morgan fingerprint density at radius 1 is 0.800 bits per heavy atom. The van der Waals surface area contributed by atoms with Crippen molar-refractivity contribution in [1.29, 1.82) is 0 Å². The van der Waals surface area contributed by atoms with E-state index in [2.05, 4.69) is 34.5 Å². The van der Waals surface area contributed by atoms with Crippen LogP contribution in [-0.4, -0.2) is 26.2 Å². The Kier molecular flexibility index (Phi) is 4.99. The normalized spacial score (nSPS) is 14.8. The molecule has 2 nitrogen and oxygen atoms in total. The SMILES string of the molecule is Cl.Fc1ccc(-c2ccc(N3CCNCC3)cc2)cc1. The van der Waals surface area contributed by atoms with Crippen LogP contribution >= 0.6 is 12.4 Å². The first-order valence-electron chi connectivity index (χ1n) is 6.64. The number of nitrogens with zero attached hydrogens (tertiary/aromatic N) is 1. The summed E-state index contributed by atoms with van der Waals surface area (Å²) in [5, 5.41) is 3.35. The highest BCUT2D eigenvalue weighted by Crippen LogP contribution is 2.23. The fourth-order valence-corrected chi connectivity index (χ4v) is 2.43. The van der Waals surface area contributed by atoms with Gasteiger partial charge in [-0.25, -0.2) is 4.39 Å². The van der Waals surface area contributed by atoms with E-state index in [0.717, 1.165) is 37.3 Å². The first-order chi connectivity index (χ1) is 9.33. The number of halogens is 2. The van der Waals surface area contributed by atoms with Gasteiger partial charge in [-0.2, -0.15) is 0 Å². The quantitative estimate of drug-likeness (QED) is 0.913. The molecule has 1 heterocycles. The number of benzene rings is 2. The van der Waals surface area contributed by atoms with Crippen LogP contribution in [0.2, 0.25) is 0 Å². The maximum Gasteiger partial charge on any atom is 0.123 e. The van der Waals surface area contributed by atoms with Gasteiger partial charge in [-0.15, -0.1) is 12.4 Å². The monoisotopic (exact) mass is 292 g/mol. The molecule has 0 aliphatic carbocycles. The number of nitrogens with one attached hydrogen (secondary N) is 1. The number of hydrogen-bond acceptors (Lipinski definition) is 2. The average Bonchev–Trinajstić information content (AvgIpc) is 2.49. The van der Waals surface area contributed by atoms with Gasteiger partial charge in [0.2, 0.25) is 0 Å². The Labute approximate surface area is 125 Å². The van der Waals surface area contributed by atoms with Gasteiger partial charge in [0.25, 0.3) is 0 Å². The van der Waals surface area contributed by atoms with E-state index in [1.54, 1.807) is 0 Å². The van der Waals surface area contributed by atoms with Crippen LogP contribution in [0.3, 0.4) is 0 Å². The topological polar surface area (TPSA) is 15.3 Å². The van der Waals surface area contributed by atoms with Crippen molar-refractivity contribution in [3.05, 3.63) is 54.3 Å². The summed E-state index contributed by atoms with van der Waals surface area (Å²) >= 11 is 0. The highest BCUT2D eigenvalue weighted by Gasteiger charge is 2.10. The minimum absolute atomic E-state index is 0. The van der Waals surface area contributed by atoms with Crippen LogP contribution in [0.25, 0.3) is 11.1 Å². The van der Waals surface area contributed by atoms with Crippen LogP contribution < -0.4 is 10.2 Å². The maximum atomic E-state index is 12.9. The van der Waals surface area contributed by atoms with Gasteiger partial charge in [-0.3, -0.25) is 0 Å². The van der Waals surface area contributed by atoms with Crippen molar-refractivity contribution in [2.45, 2.75) is 0 Å². The Hall–Kier alpha value is -1.58. The molecule has 1 fully saturated rings. The van der Waals surface area contributed by atoms with Gasteiger partial charge in [-0.1, -0.05) is 24.3 Å². The smallest absolute Gasteiger partial charge is 0.123 e. The van der Waals surface area contributed by atoms with Crippen LogP contribution in [0, 0.1) is 5.82 Å². The second-order valence-electron chi connectivity index (χ2n) is 4.79. The second-order valence-corrected chi connectivity index (χ2v) is 4.79. The molecule has 3 rings (SSSR count). The van der Waals surface area contributed by atoms with Crippen molar-refractivity contribution >= 4 is 18.1 Å². The first-order valence-corrected chi connectivity index (χ1v) is 6.64. The lowest BCUT2D eigenvalue weighted by Gasteiger charge is -2.29. The van der Waals surface area contributed by atoms with Gasteiger partial charge in [-0.05, 0) is 35.4 Å². The third-order valence-corrected chi connectivity index (χ3v) is 3.53. The van der Waals surface area contributed by atoms with Crippen molar-refractivity contribution in [2.75, 3.05) is 31.1 Å². The minimum Gasteiger partial charge on any atom is -0.369 e. The lowest BCUT2D eigenvalue weighted by atomic mass is 10.1. The zero-order valence-corrected chi connectivity index (χ0v) is 12.0. The molecule has 1 N–H and O–H groups in total. The standard InChI is InChI=1S/C16H17FN2.ClH/c17-15-5-1-13(2-6-15)14-3-7-16(8-4-14)19-11-9-18-10-12-19;/h1-8,18H,9-12H2;1H. The van der Waals surface area contributed by atoms with Gasteiger partial charge in [0.15, 0.2) is 0 Å². The van der Waals surface area contributed by atoms with Gasteiger partial charge in [0, 0.05) is 31.9 Å². The fourth-order valence-electron chi connectivity index (χ4n) is 2.43. The summed E-state index contributed by atoms with van der Waals surface area (Å²) in [6.45, 7) is 4.19. The molecule has 0 amide bonds. The molecule has 0 saturated carbocycles. The predicted molar refractivity (Wildman–Crippen MR) is 84.2 cm³/mol. The molecule has 1 aliphatic rings. The summed E-state index contributed by atoms with van der Waals surface area (Å²) < 4.78 is 12.9. The Morgan fingerprint density at radius 3 is 1.85 bits per heavy atom. The van der Waals surface area contributed by atoms with Crippen molar-refractivity contribution in [2.24, 2.45) is 0 Å². The lowest BCUT2D eigenvalue weighted by Crippen LogP contribution is -2.43. The summed E-state index contributed by atoms with van der Waals surface area (Å²) in [5.74, 6) is -0.193. The van der Waals surface area contributed by atoms with E-state index >= 15 is 0 Å². The van der Waals surface area contributed by atoms with Gasteiger partial charge >= 0.3 is 0 Å². The predicted octanol–water partition coefficient (Wildman–Crippen LogP) is 3.32. The summed E-state index contributed by atoms with van der Waals surface area (Å²) in [6.07, 6.45) is 0. The molecule has 0 radical (unpaired) electrons. The molecule has 0 atom stereocenters. The third-order valence-electron chi connectivity index (χ3n) is 3.53. The van der Waals surface area contributed by atoms with Crippen LogP contribution in [-0.2, 0) is 0 Å². The summed E-state index contributed by atoms with van der Waals surface area (Å²) in [6, 6.07) is 15.1. The Morgan fingerprint density at radius 2 is 1.30 bits per heavy atom. The molecule has 0 spiro atoms. The summed E-state index contributed by atoms with van der Waals surface area (Å²) in [7, 11) is 0. The van der Waals surface area contributed by atoms with E-state index in [4.69, 9.17) is 0 Å². The largest absolute Gasteiger partial charge is 0.369 e. The van der Waals surface area contributed by atoms with E-state index in [1.807, 2.05) is 12.1 Å². The van der Waals surface area contributed by atoms with Crippen LogP contribution in [0.4, 0.5) is 10.1 Å². The highest BCUT2D eigenvalue weighted by molar-refractivity contribution is 5.85. The van der Waals surface area contributed by atoms with Crippen LogP contribution in [0.5, 0.6) is 0 Å². The molecule has 1 aliphatic heterocycles. The molecule has 2 aromatic rings. The second kappa shape index (κ2) is 6.73. The highest BCUT2D eigenvalue weighted by atomic mass is 35.5. The van der Waals surface area contributed by atoms with E-state index in [0.29, 0.717) is 0 Å². The molecule has 1 saturated heterocycles. The van der Waals surface area contributed by atoms with Crippen molar-refractivity contribution in [1.82, 2.24) is 5.32 Å². The molecule has 0 bridgehead atoms. The third kappa shape index (κ3) is 3.30. The molecule has 20 heavy (non-hydrogen) atoms. The maximum absolute atomic E-state index is 12.9. The van der Waals surface area contributed by atoms with Gasteiger partial charge < -0.3 is 10.2 Å². The molecule has 0 unspecified atom stereocenters. The Bertz CT molecular complexity index is 533. The van der Waals surface area contributed by atoms with Crippen molar-refractivity contribution in [3.8, 4) is 11.1 Å². The number of hydrogen-bond donors (Lipinski definition) is 1. The zero-order chi connectivity index (χ0) is 13.1. The van der Waals surface area contributed by atoms with Crippen molar-refractivity contribution < 1.29 is 4.39 Å². The van der Waals surface area contributed by atoms with Gasteiger partial charge in [0.05, 0.1) is 0 Å². The average molecular weight is 293 g/mol. The molecule has 2 aromatic carbocycles.